The third kappa shape index (κ3) is 14.6. The fourth-order valence-electron chi connectivity index (χ4n) is 9.21. The Morgan fingerprint density at radius 1 is 0.645 bits per heavy atom. The van der Waals surface area contributed by atoms with Gasteiger partial charge in [0, 0.05) is 18.5 Å². The first kappa shape index (κ1) is 57.4. The predicted molar refractivity (Wildman–Crippen MR) is 287 cm³/mol. The van der Waals surface area contributed by atoms with E-state index in [1.807, 2.05) is 91.5 Å². The predicted octanol–water partition coefficient (Wildman–Crippen LogP) is 12.3. The van der Waals surface area contributed by atoms with E-state index in [0.717, 1.165) is 21.4 Å². The van der Waals surface area contributed by atoms with Gasteiger partial charge in [0.2, 0.25) is 0 Å². The number of aromatic nitrogens is 2. The van der Waals surface area contributed by atoms with Crippen molar-refractivity contribution in [3.05, 3.63) is 125 Å². The van der Waals surface area contributed by atoms with Crippen LogP contribution in [0, 0.1) is 0 Å². The number of nitrogens with zero attached hydrogens (tertiary/aromatic N) is 5. The van der Waals surface area contributed by atoms with Crippen LogP contribution < -0.4 is 9.64 Å². The van der Waals surface area contributed by atoms with Gasteiger partial charge >= 0.3 is 31.9 Å². The molecule has 4 aromatic carbocycles. The summed E-state index contributed by atoms with van der Waals surface area (Å²) in [5.74, 6) is -0.860. The SMILES string of the molecule is CCOP(=O)(COc1ccc(CN2C(=O)N(Cc3ccc4c(c3)c(N(C(=O)OC(C)(C)C)C(=O)OC(C)(C)C)nn4C(=O)OC(C)(C)C)[C@H](Cc3ccccc3)[C@@H]3OC(C)(C)O[C@H]3[C@H]2Cc2ccccc2)cc1)OCC. The van der Waals surface area contributed by atoms with E-state index in [9.17, 15) is 18.9 Å². The van der Waals surface area contributed by atoms with Gasteiger partial charge in [0.25, 0.3) is 0 Å². The van der Waals surface area contributed by atoms with Crippen molar-refractivity contribution < 1.29 is 61.2 Å². The van der Waals surface area contributed by atoms with E-state index in [1.165, 1.54) is 0 Å². The highest BCUT2D eigenvalue weighted by atomic mass is 31.2. The van der Waals surface area contributed by atoms with Crippen molar-refractivity contribution in [2.75, 3.05) is 24.5 Å². The monoisotopic (exact) mass is 1070 g/mol. The lowest BCUT2D eigenvalue weighted by Gasteiger charge is -2.37. The van der Waals surface area contributed by atoms with Crippen LogP contribution in [0.15, 0.2) is 103 Å². The number of rotatable bonds is 16. The van der Waals surface area contributed by atoms with E-state index in [1.54, 1.807) is 111 Å². The van der Waals surface area contributed by atoms with E-state index in [2.05, 4.69) is 5.10 Å². The van der Waals surface area contributed by atoms with E-state index < -0.39 is 72.8 Å². The molecule has 18 nitrogen and oxygen atoms in total. The number of benzene rings is 4. The van der Waals surface area contributed by atoms with Crippen LogP contribution in [0.5, 0.6) is 5.75 Å². The summed E-state index contributed by atoms with van der Waals surface area (Å²) in [6, 6.07) is 30.7. The molecule has 2 aliphatic rings. The highest BCUT2D eigenvalue weighted by molar-refractivity contribution is 7.53. The number of imide groups is 1. The molecule has 410 valence electrons. The smallest absolute Gasteiger partial charge is 0.435 e. The molecular formula is C57H74N5O13P. The van der Waals surface area contributed by atoms with Crippen molar-refractivity contribution in [1.29, 1.82) is 0 Å². The van der Waals surface area contributed by atoms with Crippen LogP contribution in [0.3, 0.4) is 0 Å². The minimum atomic E-state index is -3.50. The molecule has 19 heteroatoms. The van der Waals surface area contributed by atoms with Crippen LogP contribution >= 0.6 is 7.60 Å². The lowest BCUT2D eigenvalue weighted by molar-refractivity contribution is -0.157. The van der Waals surface area contributed by atoms with Crippen LogP contribution in [0.1, 0.15) is 112 Å². The first-order valence-electron chi connectivity index (χ1n) is 25.8. The molecule has 2 saturated heterocycles. The molecule has 0 bridgehead atoms. The second kappa shape index (κ2) is 23.1. The first-order valence-corrected chi connectivity index (χ1v) is 27.5. The lowest BCUT2D eigenvalue weighted by Crippen LogP contribution is -2.51. The summed E-state index contributed by atoms with van der Waals surface area (Å²) >= 11 is 0. The second-order valence-corrected chi connectivity index (χ2v) is 24.3. The number of urea groups is 1. The standard InChI is InChI=1S/C57H74N5O13P/c1-14-69-76(67,70-15-2)37-68-42-29-26-40(27-30-42)35-59-45(33-38-22-18-16-19-23-38)47-48(72-57(12,13)71-47)46(34-39-24-20-17-21-25-39)60(50(59)63)36-41-28-31-44-43(32-41)49(58-62(44)53(66)75-56(9,10)11)61(51(64)73-54(3,4)5)52(65)74-55(6,7)8/h16-32,45-48H,14-15,33-37H2,1-13H3/t45-,46-,47+,48+/m1/s1. The highest BCUT2D eigenvalue weighted by Crippen LogP contribution is 2.48. The molecule has 2 fully saturated rings. The van der Waals surface area contributed by atoms with Crippen LogP contribution in [0.25, 0.3) is 10.9 Å². The van der Waals surface area contributed by atoms with Gasteiger partial charge in [-0.3, -0.25) is 4.57 Å². The molecule has 76 heavy (non-hydrogen) atoms. The molecule has 5 aromatic rings. The highest BCUT2D eigenvalue weighted by Gasteiger charge is 2.55. The van der Waals surface area contributed by atoms with Crippen LogP contribution in [-0.2, 0) is 63.2 Å². The van der Waals surface area contributed by atoms with Gasteiger partial charge in [-0.05, 0) is 149 Å². The molecule has 3 heterocycles. The number of hydrogen-bond donors (Lipinski definition) is 0. The number of carbonyl (C=O) groups excluding carboxylic acids is 4. The van der Waals surface area contributed by atoms with Gasteiger partial charge in [-0.1, -0.05) is 78.9 Å². The molecule has 7 rings (SSSR count). The average molecular weight is 1070 g/mol. The molecule has 1 aromatic heterocycles. The minimum Gasteiger partial charge on any atom is -0.481 e. The molecule has 4 amide bonds. The normalized spacial score (nSPS) is 19.0. The molecular weight excluding hydrogens is 994 g/mol. The number of amides is 4. The van der Waals surface area contributed by atoms with Crippen molar-refractivity contribution in [2.45, 2.75) is 163 Å². The largest absolute Gasteiger partial charge is 0.481 e. The fourth-order valence-corrected chi connectivity index (χ4v) is 10.5. The quantitative estimate of drug-likeness (QED) is 0.0671. The van der Waals surface area contributed by atoms with Gasteiger partial charge in [0.1, 0.15) is 34.8 Å². The van der Waals surface area contributed by atoms with Gasteiger partial charge in [-0.15, -0.1) is 5.10 Å². The molecule has 0 N–H and O–H groups in total. The maximum absolute atomic E-state index is 16.1. The molecule has 2 aliphatic heterocycles. The summed E-state index contributed by atoms with van der Waals surface area (Å²) in [4.78, 5) is 62.8. The Hall–Kier alpha value is -6.30. The van der Waals surface area contributed by atoms with Gasteiger partial charge in [0.15, 0.2) is 18.0 Å². The number of carbonyl (C=O) groups is 4. The third-order valence-corrected chi connectivity index (χ3v) is 13.9. The van der Waals surface area contributed by atoms with E-state index in [4.69, 9.17) is 37.5 Å². The van der Waals surface area contributed by atoms with Crippen molar-refractivity contribution in [3.8, 4) is 5.75 Å². The molecule has 0 unspecified atom stereocenters. The molecule has 0 spiro atoms. The Morgan fingerprint density at radius 2 is 1.11 bits per heavy atom. The Labute approximate surface area is 446 Å². The Bertz CT molecular complexity index is 2840. The molecule has 0 radical (unpaired) electrons. The zero-order valence-corrected chi connectivity index (χ0v) is 47.0. The maximum atomic E-state index is 16.1. The Kier molecular flexibility index (Phi) is 17.5. The Morgan fingerprint density at radius 3 is 1.57 bits per heavy atom. The molecule has 0 aliphatic carbocycles. The van der Waals surface area contributed by atoms with E-state index in [0.29, 0.717) is 29.1 Å². The summed E-state index contributed by atoms with van der Waals surface area (Å²) < 4.78 is 62.2. The van der Waals surface area contributed by atoms with Crippen molar-refractivity contribution in [1.82, 2.24) is 19.6 Å². The third-order valence-electron chi connectivity index (χ3n) is 12.1. The Balaban J connectivity index is 1.38. The van der Waals surface area contributed by atoms with E-state index in [-0.39, 0.29) is 55.4 Å². The summed E-state index contributed by atoms with van der Waals surface area (Å²) in [6.45, 7) is 22.8. The topological polar surface area (TPSA) is 187 Å². The van der Waals surface area contributed by atoms with E-state index >= 15 is 4.79 Å². The average Bonchev–Trinajstić information content (AvgIpc) is 3.84. The number of hydrogen-bond acceptors (Lipinski definition) is 14. The number of ether oxygens (including phenoxy) is 6. The molecule has 0 saturated carbocycles. The lowest BCUT2D eigenvalue weighted by atomic mass is 9.91. The van der Waals surface area contributed by atoms with Crippen molar-refractivity contribution >= 4 is 48.6 Å². The van der Waals surface area contributed by atoms with Crippen LogP contribution in [0.4, 0.5) is 25.0 Å². The van der Waals surface area contributed by atoms with Crippen molar-refractivity contribution in [3.63, 3.8) is 0 Å². The summed E-state index contributed by atoms with van der Waals surface area (Å²) in [5.41, 5.74) is 0.448. The zero-order valence-electron chi connectivity index (χ0n) is 46.1. The first-order chi connectivity index (χ1) is 35.6. The zero-order chi connectivity index (χ0) is 55.4. The minimum absolute atomic E-state index is 0.0176. The summed E-state index contributed by atoms with van der Waals surface area (Å²) in [5, 5.41) is 4.78. The van der Waals surface area contributed by atoms with Gasteiger partial charge in [0.05, 0.1) is 30.8 Å². The fraction of sp³-hybridized carbons (Fsp3) is 0.491. The van der Waals surface area contributed by atoms with Crippen LogP contribution in [-0.4, -0.2) is 110 Å². The van der Waals surface area contributed by atoms with Crippen molar-refractivity contribution in [2.24, 2.45) is 0 Å². The summed E-state index contributed by atoms with van der Waals surface area (Å²) in [7, 11) is -3.50. The number of anilines is 1. The maximum Gasteiger partial charge on any atom is 0.435 e. The van der Waals surface area contributed by atoms with Gasteiger partial charge in [-0.2, -0.15) is 9.58 Å². The number of fused-ring (bicyclic) bond motifs is 2. The molecule has 4 atom stereocenters. The van der Waals surface area contributed by atoms with Crippen LogP contribution in [0.2, 0.25) is 0 Å². The van der Waals surface area contributed by atoms with Gasteiger partial charge < -0.3 is 47.3 Å². The van der Waals surface area contributed by atoms with Gasteiger partial charge in [-0.25, -0.2) is 19.2 Å². The second-order valence-electron chi connectivity index (χ2n) is 22.3. The summed E-state index contributed by atoms with van der Waals surface area (Å²) in [6.07, 6.45) is -3.78.